The Morgan fingerprint density at radius 1 is 0.929 bits per heavy atom. The fourth-order valence-corrected chi connectivity index (χ4v) is 6.30. The number of rotatable bonds is 3. The van der Waals surface area contributed by atoms with Gasteiger partial charge in [0, 0.05) is 44.2 Å². The smallest absolute Gasteiger partial charge is 0.258 e. The number of aliphatic hydroxyl groups is 1. The number of benzene rings is 3. The van der Waals surface area contributed by atoms with Crippen LogP contribution >= 0.6 is 11.6 Å². The first-order valence-electron chi connectivity index (χ1n) is 14.7. The van der Waals surface area contributed by atoms with Crippen molar-refractivity contribution >= 4 is 23.4 Å². The summed E-state index contributed by atoms with van der Waals surface area (Å²) in [6.45, 7) is 2.50. The fourth-order valence-electron chi connectivity index (χ4n) is 6.09. The Labute approximate surface area is 251 Å². The molecule has 6 rings (SSSR count). The molecule has 3 aliphatic rings. The lowest BCUT2D eigenvalue weighted by Gasteiger charge is -2.41. The largest absolute Gasteiger partial charge is 0.493 e. The number of aliphatic hydroxyl groups excluding tert-OH is 1. The van der Waals surface area contributed by atoms with Crippen LogP contribution in [0.2, 0.25) is 5.02 Å². The average Bonchev–Trinajstić information content (AvgIpc) is 3.01. The number of piperazine rings is 1. The standard InChI is InChI=1S/C33H36ClN3O5/c34-25-8-4-5-22(17-25)20-36-14-15-37-28(21-36)32(39)35-19-31-29(38)12-10-26(42-31)13-16-41-30-18-24(9-11-27(30)33(37)40)23-6-2-1-3-7-23/h1-9,11,17-18,26,28-29,31,38H,10,12-16,19-21H2,(H,35,39)/t26-,28-,29-,31+/m0/s1. The number of ether oxygens (including phenoxy) is 2. The van der Waals surface area contributed by atoms with Gasteiger partial charge in [-0.3, -0.25) is 14.5 Å². The molecule has 3 aliphatic heterocycles. The van der Waals surface area contributed by atoms with E-state index in [4.69, 9.17) is 21.1 Å². The van der Waals surface area contributed by atoms with Gasteiger partial charge in [-0.2, -0.15) is 0 Å². The van der Waals surface area contributed by atoms with Gasteiger partial charge in [0.1, 0.15) is 17.9 Å². The second kappa shape index (κ2) is 12.8. The third-order valence-corrected chi connectivity index (χ3v) is 8.63. The topological polar surface area (TPSA) is 91.3 Å². The van der Waals surface area contributed by atoms with E-state index in [0.29, 0.717) is 68.4 Å². The molecule has 2 saturated heterocycles. The number of nitrogens with one attached hydrogen (secondary N) is 1. The van der Waals surface area contributed by atoms with Crippen molar-refractivity contribution < 1.29 is 24.2 Å². The predicted molar refractivity (Wildman–Crippen MR) is 160 cm³/mol. The molecule has 2 fully saturated rings. The highest BCUT2D eigenvalue weighted by Gasteiger charge is 2.38. The minimum absolute atomic E-state index is 0.103. The molecule has 2 N–H and O–H groups in total. The van der Waals surface area contributed by atoms with Crippen molar-refractivity contribution in [1.29, 1.82) is 0 Å². The van der Waals surface area contributed by atoms with E-state index in [9.17, 15) is 14.7 Å². The first-order valence-corrected chi connectivity index (χ1v) is 15.0. The summed E-state index contributed by atoms with van der Waals surface area (Å²) >= 11 is 6.22. The van der Waals surface area contributed by atoms with E-state index in [1.165, 1.54) is 0 Å². The SMILES string of the molecule is O=C1NC[C@H]2O[C@H](CCOc3cc(-c4ccccc4)ccc3C(=O)N3CCN(Cc4cccc(Cl)c4)C[C@@H]13)CC[C@@H]2O. The van der Waals surface area contributed by atoms with Gasteiger partial charge in [-0.15, -0.1) is 0 Å². The molecule has 0 radical (unpaired) electrons. The number of amides is 2. The highest BCUT2D eigenvalue weighted by atomic mass is 35.5. The monoisotopic (exact) mass is 589 g/mol. The van der Waals surface area contributed by atoms with Crippen LogP contribution in [-0.2, 0) is 16.1 Å². The van der Waals surface area contributed by atoms with E-state index < -0.39 is 18.2 Å². The van der Waals surface area contributed by atoms with Gasteiger partial charge in [-0.25, -0.2) is 0 Å². The van der Waals surface area contributed by atoms with Crippen molar-refractivity contribution in [1.82, 2.24) is 15.1 Å². The van der Waals surface area contributed by atoms with Gasteiger partial charge in [0.15, 0.2) is 0 Å². The maximum atomic E-state index is 14.2. The Bertz CT molecular complexity index is 1420. The Hall–Kier alpha value is -3.43. The fraction of sp³-hybridized carbons (Fsp3) is 0.394. The summed E-state index contributed by atoms with van der Waals surface area (Å²) in [6.07, 6.45) is 0.650. The zero-order valence-corrected chi connectivity index (χ0v) is 24.2. The van der Waals surface area contributed by atoms with Crippen LogP contribution in [0, 0.1) is 0 Å². The highest BCUT2D eigenvalue weighted by Crippen LogP contribution is 2.31. The maximum Gasteiger partial charge on any atom is 0.258 e. The molecular formula is C33H36ClN3O5. The molecule has 2 amide bonds. The molecule has 3 aromatic carbocycles. The predicted octanol–water partition coefficient (Wildman–Crippen LogP) is 4.14. The van der Waals surface area contributed by atoms with Gasteiger partial charge < -0.3 is 24.8 Å². The zero-order chi connectivity index (χ0) is 29.1. The molecule has 4 atom stereocenters. The number of halogens is 1. The summed E-state index contributed by atoms with van der Waals surface area (Å²) in [4.78, 5) is 31.7. The van der Waals surface area contributed by atoms with Crippen LogP contribution in [0.15, 0.2) is 72.8 Å². The molecular weight excluding hydrogens is 554 g/mol. The minimum Gasteiger partial charge on any atom is -0.493 e. The van der Waals surface area contributed by atoms with Gasteiger partial charge in [0.2, 0.25) is 5.91 Å². The van der Waals surface area contributed by atoms with Crippen molar-refractivity contribution in [3.63, 3.8) is 0 Å². The van der Waals surface area contributed by atoms with E-state index in [1.54, 1.807) is 4.90 Å². The minimum atomic E-state index is -0.730. The van der Waals surface area contributed by atoms with Gasteiger partial charge >= 0.3 is 0 Å². The van der Waals surface area contributed by atoms with E-state index in [2.05, 4.69) is 10.2 Å². The van der Waals surface area contributed by atoms with Crippen molar-refractivity contribution in [3.05, 3.63) is 88.9 Å². The number of hydrogen-bond acceptors (Lipinski definition) is 6. The van der Waals surface area contributed by atoms with Crippen molar-refractivity contribution in [2.24, 2.45) is 0 Å². The Balaban J connectivity index is 1.32. The Kier molecular flexibility index (Phi) is 8.76. The molecule has 9 heteroatoms. The number of carbonyl (C=O) groups excluding carboxylic acids is 2. The van der Waals surface area contributed by atoms with Crippen LogP contribution in [0.25, 0.3) is 11.1 Å². The normalized spacial score (nSPS) is 25.4. The second-order valence-electron chi connectivity index (χ2n) is 11.3. The molecule has 8 nitrogen and oxygen atoms in total. The van der Waals surface area contributed by atoms with Crippen LogP contribution in [0.5, 0.6) is 5.75 Å². The van der Waals surface area contributed by atoms with Crippen LogP contribution < -0.4 is 10.1 Å². The third kappa shape index (κ3) is 6.47. The number of carbonyl (C=O) groups is 2. The lowest BCUT2D eigenvalue weighted by molar-refractivity contribution is -0.135. The molecule has 0 spiro atoms. The van der Waals surface area contributed by atoms with Crippen molar-refractivity contribution in [3.8, 4) is 16.9 Å². The van der Waals surface area contributed by atoms with Crippen LogP contribution in [0.1, 0.15) is 35.2 Å². The first-order chi connectivity index (χ1) is 20.4. The highest BCUT2D eigenvalue weighted by molar-refractivity contribution is 6.30. The van der Waals surface area contributed by atoms with Crippen LogP contribution in [0.3, 0.4) is 0 Å². The molecule has 0 aromatic heterocycles. The Morgan fingerprint density at radius 2 is 1.79 bits per heavy atom. The van der Waals surface area contributed by atoms with Gasteiger partial charge in [-0.05, 0) is 53.8 Å². The van der Waals surface area contributed by atoms with Gasteiger partial charge in [0.25, 0.3) is 5.91 Å². The molecule has 42 heavy (non-hydrogen) atoms. The lowest BCUT2D eigenvalue weighted by atomic mass is 9.98. The van der Waals surface area contributed by atoms with Gasteiger partial charge in [-0.1, -0.05) is 60.1 Å². The van der Waals surface area contributed by atoms with Gasteiger partial charge in [0.05, 0.1) is 24.4 Å². The number of nitrogens with zero attached hydrogens (tertiary/aromatic N) is 2. The quantitative estimate of drug-likeness (QED) is 0.477. The molecule has 3 aromatic rings. The average molecular weight is 590 g/mol. The third-order valence-electron chi connectivity index (χ3n) is 8.40. The maximum absolute atomic E-state index is 14.2. The molecule has 0 aliphatic carbocycles. The van der Waals surface area contributed by atoms with E-state index >= 15 is 0 Å². The summed E-state index contributed by atoms with van der Waals surface area (Å²) < 4.78 is 12.5. The summed E-state index contributed by atoms with van der Waals surface area (Å²) in [6, 6.07) is 22.6. The molecule has 0 unspecified atom stereocenters. The molecule has 2 bridgehead atoms. The first kappa shape index (κ1) is 28.7. The number of hydrogen-bond donors (Lipinski definition) is 2. The summed E-state index contributed by atoms with van der Waals surface area (Å²) in [5.74, 6) is -0.00970. The Morgan fingerprint density at radius 3 is 2.62 bits per heavy atom. The van der Waals surface area contributed by atoms with Crippen LogP contribution in [-0.4, -0.2) is 83.9 Å². The molecule has 3 heterocycles. The van der Waals surface area contributed by atoms with E-state index in [-0.39, 0.29) is 24.5 Å². The molecule has 220 valence electrons. The van der Waals surface area contributed by atoms with Crippen LogP contribution in [0.4, 0.5) is 0 Å². The summed E-state index contributed by atoms with van der Waals surface area (Å²) in [5, 5.41) is 14.2. The summed E-state index contributed by atoms with van der Waals surface area (Å²) in [5.41, 5.74) is 3.45. The van der Waals surface area contributed by atoms with Crippen molar-refractivity contribution in [2.45, 2.75) is 50.2 Å². The number of fused-ring (bicyclic) bond motifs is 4. The zero-order valence-electron chi connectivity index (χ0n) is 23.5. The second-order valence-corrected chi connectivity index (χ2v) is 11.7. The van der Waals surface area contributed by atoms with E-state index in [0.717, 1.165) is 16.7 Å². The lowest BCUT2D eigenvalue weighted by Crippen LogP contribution is -2.61. The van der Waals surface area contributed by atoms with E-state index in [1.807, 2.05) is 72.8 Å². The summed E-state index contributed by atoms with van der Waals surface area (Å²) in [7, 11) is 0. The molecule has 0 saturated carbocycles. The van der Waals surface area contributed by atoms with Crippen molar-refractivity contribution in [2.75, 3.05) is 32.8 Å².